The first-order chi connectivity index (χ1) is 47.0. The van der Waals surface area contributed by atoms with Crippen LogP contribution < -0.4 is 50.6 Å². The van der Waals surface area contributed by atoms with Crippen LogP contribution in [-0.2, 0) is 11.4 Å². The Balaban J connectivity index is 0.000000222. The molecule has 0 fully saturated rings. The number of hydrogen-bond acceptors (Lipinski definition) is 21. The van der Waals surface area contributed by atoms with E-state index >= 15 is 0 Å². The number of rotatable bonds is 17. The molecule has 0 bridgehead atoms. The molecule has 98 heavy (non-hydrogen) atoms. The summed E-state index contributed by atoms with van der Waals surface area (Å²) < 4.78 is 28.9. The average molecular weight is 1550 g/mol. The van der Waals surface area contributed by atoms with Crippen molar-refractivity contribution < 1.29 is 43.3 Å². The van der Waals surface area contributed by atoms with Gasteiger partial charge in [0.2, 0.25) is 11.4 Å². The number of nitrogen functional groups attached to an aromatic ring is 2. The number of ether oxygens (including phenoxy) is 5. The number of nitro groups is 1. The van der Waals surface area contributed by atoms with E-state index in [1.807, 2.05) is 76.2 Å². The first-order valence-electron chi connectivity index (χ1n) is 28.8. The fourth-order valence-corrected chi connectivity index (χ4v) is 9.79. The zero-order chi connectivity index (χ0) is 71.8. The van der Waals surface area contributed by atoms with Gasteiger partial charge in [-0.1, -0.05) is 58.5 Å². The summed E-state index contributed by atoms with van der Waals surface area (Å²) in [6.07, 6.45) is 10.0. The molecule has 5 aromatic carbocycles. The Morgan fingerprint density at radius 3 is 1.82 bits per heavy atom. The molecule has 5 aromatic heterocycles. The van der Waals surface area contributed by atoms with Crippen LogP contribution in [0.15, 0.2) is 133 Å². The van der Waals surface area contributed by atoms with E-state index in [0.29, 0.717) is 143 Å². The van der Waals surface area contributed by atoms with E-state index in [2.05, 4.69) is 26.3 Å². The van der Waals surface area contributed by atoms with Crippen LogP contribution in [0.25, 0.3) is 43.6 Å². The second-order valence-corrected chi connectivity index (χ2v) is 25.7. The molecule has 0 unspecified atom stereocenters. The van der Waals surface area contributed by atoms with Gasteiger partial charge in [0.25, 0.3) is 0 Å². The van der Waals surface area contributed by atoms with Crippen molar-refractivity contribution in [2.45, 2.75) is 34.3 Å². The molecule has 1 amide bonds. The number of pyridine rings is 5. The predicted octanol–water partition coefficient (Wildman–Crippen LogP) is 13.9. The molecule has 0 saturated heterocycles. The van der Waals surface area contributed by atoms with Gasteiger partial charge in [-0.3, -0.25) is 29.9 Å². The number of carbonyl (C=O) groups excluding carboxylic acids is 1. The third-order valence-corrected chi connectivity index (χ3v) is 14.7. The van der Waals surface area contributed by atoms with Gasteiger partial charge in [0.1, 0.15) is 59.4 Å². The Hall–Kier alpha value is -10.0. The third kappa shape index (κ3) is 20.0. The monoisotopic (exact) mass is 1550 g/mol. The first kappa shape index (κ1) is 77.0. The molecule has 32 heteroatoms. The van der Waals surface area contributed by atoms with E-state index in [1.165, 1.54) is 48.9 Å². The van der Waals surface area contributed by atoms with E-state index in [0.717, 1.165) is 16.6 Å². The van der Waals surface area contributed by atoms with Crippen LogP contribution in [0.3, 0.4) is 0 Å². The number of hydrogen-bond donors (Lipinski definition) is 4. The molecule has 6 N–H and O–H groups in total. The molecule has 0 aliphatic heterocycles. The van der Waals surface area contributed by atoms with Crippen LogP contribution in [-0.4, -0.2) is 107 Å². The van der Waals surface area contributed by atoms with Crippen molar-refractivity contribution in [3.63, 3.8) is 0 Å². The Morgan fingerprint density at radius 2 is 1.27 bits per heavy atom. The Kier molecular flexibility index (Phi) is 29.4. The molecular weight excluding hydrogens is 1490 g/mol. The zero-order valence-electron chi connectivity index (χ0n) is 52.8. The number of nitrogens with one attached hydrogen (secondary N) is 1. The molecule has 502 valence electrons. The minimum atomic E-state index is -0.826. The number of likely N-dealkylation sites (N-methyl/N-ethyl adjacent to an activating group) is 1. The number of fused-ring (bicyclic) bond motifs is 4. The fraction of sp³-hybridized carbons (Fsp3) is 0.182. The minimum absolute atomic E-state index is 0.110. The SMILES string of the molecule is CCOc1cc2c(cc1N)c(Cl)c(C#N)c[n+]2[O-].CCOc1cc2c(cc1NC(=O)/C=C/CN(C)C)c(=Nc1ccc(OCc3ccccn3)c(Cl)c1)c(C#N)cn2O.CCOc1cc2ncc(C#N)c(Cl)c2cc1N.CCOc1cc2ncc(C#N)c(Cl)c2cc1[N+](=O)[O-].[Cl][Sn][Cl]. The van der Waals surface area contributed by atoms with Gasteiger partial charge in [-0.15, -0.1) is 0 Å². The van der Waals surface area contributed by atoms with E-state index in [9.17, 15) is 30.6 Å². The van der Waals surface area contributed by atoms with E-state index in [1.54, 1.807) is 61.7 Å². The number of anilines is 3. The number of amides is 1. The first-order valence-corrected chi connectivity index (χ1v) is 37.6. The van der Waals surface area contributed by atoms with E-state index in [-0.39, 0.29) is 56.0 Å². The van der Waals surface area contributed by atoms with Gasteiger partial charge >= 0.3 is 42.4 Å². The number of halogens is 6. The summed E-state index contributed by atoms with van der Waals surface area (Å²) >= 11 is 23.8. The molecule has 0 aliphatic rings. The quantitative estimate of drug-likeness (QED) is 0.00961. The topological polar surface area (TPSA) is 372 Å². The third-order valence-electron chi connectivity index (χ3n) is 13.1. The maximum absolute atomic E-state index is 12.6. The summed E-state index contributed by atoms with van der Waals surface area (Å²) in [5, 5.41) is 75.9. The molecule has 10 rings (SSSR count). The molecule has 25 nitrogen and oxygen atoms in total. The second-order valence-electron chi connectivity index (χ2n) is 19.9. The van der Waals surface area contributed by atoms with Gasteiger partial charge in [0, 0.05) is 71.6 Å². The molecule has 2 radical (unpaired) electrons. The molecular formula is C66H57Cl6N15O10Sn. The number of nitriles is 4. The van der Waals surface area contributed by atoms with Gasteiger partial charge in [0.05, 0.1) is 136 Å². The van der Waals surface area contributed by atoms with Crippen LogP contribution in [0.4, 0.5) is 28.4 Å². The molecule has 0 atom stereocenters. The summed E-state index contributed by atoms with van der Waals surface area (Å²) in [6.45, 7) is 9.68. The van der Waals surface area contributed by atoms with Crippen molar-refractivity contribution in [1.82, 2.24) is 24.6 Å². The van der Waals surface area contributed by atoms with Crippen molar-refractivity contribution in [2.24, 2.45) is 4.99 Å². The number of aromatic nitrogens is 5. The van der Waals surface area contributed by atoms with Crippen molar-refractivity contribution in [3.8, 4) is 53.0 Å². The average Bonchev–Trinajstić information content (AvgIpc) is 0.790. The van der Waals surface area contributed by atoms with Gasteiger partial charge in [0.15, 0.2) is 11.9 Å². The molecule has 0 saturated carbocycles. The van der Waals surface area contributed by atoms with Crippen LogP contribution in [0.2, 0.25) is 20.1 Å². The summed E-state index contributed by atoms with van der Waals surface area (Å²) in [4.78, 5) is 42.1. The second kappa shape index (κ2) is 37.5. The maximum atomic E-state index is 12.6. The Bertz CT molecular complexity index is 4870. The Labute approximate surface area is 598 Å². The molecule has 10 aromatic rings. The predicted molar refractivity (Wildman–Crippen MR) is 379 cm³/mol. The van der Waals surface area contributed by atoms with Gasteiger partial charge < -0.3 is 55.8 Å². The van der Waals surface area contributed by atoms with Gasteiger partial charge in [-0.05, 0) is 90.3 Å². The van der Waals surface area contributed by atoms with Crippen LogP contribution >= 0.6 is 64.2 Å². The summed E-state index contributed by atoms with van der Waals surface area (Å²) in [5.41, 5.74) is 16.4. The normalized spacial score (nSPS) is 10.7. The van der Waals surface area contributed by atoms with Crippen LogP contribution in [0.5, 0.6) is 28.7 Å². The van der Waals surface area contributed by atoms with Crippen molar-refractivity contribution in [3.05, 3.63) is 197 Å². The molecule has 0 spiro atoms. The molecule has 0 aliphatic carbocycles. The summed E-state index contributed by atoms with van der Waals surface area (Å²) in [7, 11) is 13.7. The van der Waals surface area contributed by atoms with E-state index in [4.69, 9.17) is 120 Å². The number of nitrogens with two attached hydrogens (primary N) is 2. The Morgan fingerprint density at radius 1 is 0.714 bits per heavy atom. The number of benzene rings is 5. The van der Waals surface area contributed by atoms with Crippen molar-refractivity contribution in [2.75, 3.05) is 63.9 Å². The van der Waals surface area contributed by atoms with E-state index < -0.39 is 23.8 Å². The van der Waals surface area contributed by atoms with Crippen LogP contribution in [0, 0.1) is 60.6 Å². The number of nitrogens with zero attached hydrogens (tertiary/aromatic N) is 12. The fourth-order valence-electron chi connectivity index (χ4n) is 8.83. The van der Waals surface area contributed by atoms with Crippen molar-refractivity contribution >= 4 is 161 Å². The van der Waals surface area contributed by atoms with Gasteiger partial charge in [-0.25, -0.2) is 4.99 Å². The van der Waals surface area contributed by atoms with Gasteiger partial charge in [-0.2, -0.15) is 30.5 Å². The summed E-state index contributed by atoms with van der Waals surface area (Å²) in [6, 6.07) is 30.8. The number of carbonyl (C=O) groups is 1. The summed E-state index contributed by atoms with van der Waals surface area (Å²) in [5.74, 6) is 1.59. The zero-order valence-corrected chi connectivity index (χ0v) is 60.2. The molecule has 5 heterocycles. The number of nitro benzene ring substituents is 1. The standard InChI is InChI=1S/C30H29ClN6O4.C12H8ClN3O3.C12H10ClN3O2.C12H10ClN3O.2ClH.Sn/c1-4-40-28-16-26-23(15-25(28)35-29(38)9-7-13-36(2)3)30(20(17-32)18-37(26)39)34-21-10-11-27(24(31)14-21)41-19-22-8-5-6-12-33-22;1-2-19-11-4-9-8(3-10(11)16(17)18)12(13)7(5-14)6-15-9;1-2-18-11-4-10-8(3-9(11)15)12(13)7(5-14)6-16(10)17;1-2-17-11-4-10-8(3-9(11)15)12(13)7(5-14)6-16-10;;;/h5-12,14-16,18,39H,4,13,19H2,1-3H3,(H,35,38);3-4,6H,2H2,1H3;3-4,6H,2,15H2,1H3;3-4,6H,2,15H2,1H3;2*1H;/q;;;;;;+2/p-2/b9-7+,34-30?;;;;;;. The van der Waals surface area contributed by atoms with Crippen molar-refractivity contribution in [1.29, 1.82) is 21.0 Å². The van der Waals surface area contributed by atoms with Crippen LogP contribution in [0.1, 0.15) is 55.6 Å².